The number of nitrogens with zero attached hydrogens (tertiary/aromatic N) is 2. The van der Waals surface area contributed by atoms with E-state index in [0.717, 1.165) is 16.4 Å². The maximum absolute atomic E-state index is 13.8. The summed E-state index contributed by atoms with van der Waals surface area (Å²) in [5.74, 6) is -1.21. The molecule has 0 heterocycles. The predicted molar refractivity (Wildman–Crippen MR) is 149 cm³/mol. The number of likely N-dealkylation sites (N-methyl/N-ethyl adjacent to an activating group) is 1. The number of hydrogen-bond acceptors (Lipinski definition) is 5. The minimum absolute atomic E-state index is 0.0509. The standard InChI is InChI=1S/C27H28Cl2FN3O5S/c1-4-38-22-10-12-23(13-11-22)39(36,37)33(21-8-6-20(30)7-9-21)17-26(34)32(18(2)27(35)31-3)16-19-5-14-24(28)25(29)15-19/h5-15,18H,4,16-17H2,1-3H3,(H,31,35)/t18-/m0/s1. The number of ether oxygens (including phenoxy) is 1. The Labute approximate surface area is 237 Å². The molecule has 0 aliphatic rings. The first kappa shape index (κ1) is 30.2. The molecule has 0 unspecified atom stereocenters. The topological polar surface area (TPSA) is 96.0 Å². The molecule has 12 heteroatoms. The van der Waals surface area contributed by atoms with Gasteiger partial charge in [-0.2, -0.15) is 0 Å². The lowest BCUT2D eigenvalue weighted by Crippen LogP contribution is -2.50. The highest BCUT2D eigenvalue weighted by Crippen LogP contribution is 2.27. The van der Waals surface area contributed by atoms with Crippen molar-refractivity contribution in [1.29, 1.82) is 0 Å². The van der Waals surface area contributed by atoms with Crippen LogP contribution in [0.25, 0.3) is 0 Å². The highest BCUT2D eigenvalue weighted by atomic mass is 35.5. The summed E-state index contributed by atoms with van der Waals surface area (Å²) >= 11 is 12.2. The number of sulfonamides is 1. The normalized spacial score (nSPS) is 11.9. The molecule has 0 aliphatic carbocycles. The summed E-state index contributed by atoms with van der Waals surface area (Å²) < 4.78 is 47.5. The lowest BCUT2D eigenvalue weighted by atomic mass is 10.1. The van der Waals surface area contributed by atoms with Crippen LogP contribution in [0.5, 0.6) is 5.75 Å². The van der Waals surface area contributed by atoms with Gasteiger partial charge in [-0.3, -0.25) is 13.9 Å². The number of halogens is 3. The monoisotopic (exact) mass is 595 g/mol. The van der Waals surface area contributed by atoms with E-state index in [1.165, 1.54) is 55.3 Å². The Hall–Kier alpha value is -3.34. The maximum atomic E-state index is 13.8. The fraction of sp³-hybridized carbons (Fsp3) is 0.259. The Bertz CT molecular complexity index is 1420. The third-order valence-electron chi connectivity index (χ3n) is 5.87. The average Bonchev–Trinajstić information content (AvgIpc) is 2.92. The Morgan fingerprint density at radius 2 is 1.64 bits per heavy atom. The lowest BCUT2D eigenvalue weighted by Gasteiger charge is -2.31. The van der Waals surface area contributed by atoms with E-state index in [2.05, 4.69) is 5.32 Å². The number of benzene rings is 3. The molecule has 0 radical (unpaired) electrons. The van der Waals surface area contributed by atoms with Crippen molar-refractivity contribution in [3.63, 3.8) is 0 Å². The van der Waals surface area contributed by atoms with Crippen molar-refractivity contribution in [2.75, 3.05) is 24.5 Å². The van der Waals surface area contributed by atoms with Crippen LogP contribution in [0, 0.1) is 5.82 Å². The van der Waals surface area contributed by atoms with Crippen LogP contribution in [0.4, 0.5) is 10.1 Å². The molecule has 39 heavy (non-hydrogen) atoms. The van der Waals surface area contributed by atoms with Gasteiger partial charge in [0.05, 0.1) is 27.2 Å². The molecule has 0 fully saturated rings. The molecule has 1 N–H and O–H groups in total. The molecule has 208 valence electrons. The molecule has 3 aromatic rings. The molecular formula is C27H28Cl2FN3O5S. The third-order valence-corrected chi connectivity index (χ3v) is 8.39. The van der Waals surface area contributed by atoms with Crippen LogP contribution in [0.3, 0.4) is 0 Å². The molecule has 3 rings (SSSR count). The fourth-order valence-electron chi connectivity index (χ4n) is 3.76. The van der Waals surface area contributed by atoms with Crippen LogP contribution in [0.15, 0.2) is 71.6 Å². The van der Waals surface area contributed by atoms with Gasteiger partial charge in [-0.05, 0) is 80.1 Å². The van der Waals surface area contributed by atoms with Crippen LogP contribution < -0.4 is 14.4 Å². The molecule has 0 spiro atoms. The molecule has 3 aromatic carbocycles. The van der Waals surface area contributed by atoms with Gasteiger partial charge in [-0.1, -0.05) is 29.3 Å². The van der Waals surface area contributed by atoms with E-state index < -0.39 is 40.2 Å². The second kappa shape index (κ2) is 13.1. The summed E-state index contributed by atoms with van der Waals surface area (Å²) in [6.45, 7) is 3.02. The van der Waals surface area contributed by atoms with Gasteiger partial charge in [0.2, 0.25) is 11.8 Å². The second-order valence-electron chi connectivity index (χ2n) is 8.45. The van der Waals surface area contributed by atoms with E-state index in [-0.39, 0.29) is 22.2 Å². The minimum Gasteiger partial charge on any atom is -0.494 e. The summed E-state index contributed by atoms with van der Waals surface area (Å²) in [7, 11) is -2.86. The van der Waals surface area contributed by atoms with Crippen molar-refractivity contribution < 1.29 is 27.1 Å². The van der Waals surface area contributed by atoms with Gasteiger partial charge in [0.15, 0.2) is 0 Å². The number of carbonyl (C=O) groups excluding carboxylic acids is 2. The fourth-order valence-corrected chi connectivity index (χ4v) is 5.50. The van der Waals surface area contributed by atoms with Gasteiger partial charge < -0.3 is 15.0 Å². The number of amides is 2. The molecule has 2 amide bonds. The van der Waals surface area contributed by atoms with E-state index in [9.17, 15) is 22.4 Å². The van der Waals surface area contributed by atoms with E-state index in [0.29, 0.717) is 22.9 Å². The highest BCUT2D eigenvalue weighted by molar-refractivity contribution is 7.92. The quantitative estimate of drug-likeness (QED) is 0.340. The Kier molecular flexibility index (Phi) is 10.2. The highest BCUT2D eigenvalue weighted by Gasteiger charge is 2.32. The number of carbonyl (C=O) groups is 2. The zero-order valence-corrected chi connectivity index (χ0v) is 23.9. The first-order chi connectivity index (χ1) is 18.5. The van der Waals surface area contributed by atoms with Crippen molar-refractivity contribution >= 4 is 50.7 Å². The van der Waals surface area contributed by atoms with Gasteiger partial charge in [0.1, 0.15) is 24.2 Å². The van der Waals surface area contributed by atoms with Crippen molar-refractivity contribution in [2.45, 2.75) is 31.3 Å². The van der Waals surface area contributed by atoms with Crippen LogP contribution in [-0.2, 0) is 26.2 Å². The zero-order chi connectivity index (χ0) is 28.7. The van der Waals surface area contributed by atoms with E-state index in [1.807, 2.05) is 0 Å². The number of rotatable bonds is 11. The van der Waals surface area contributed by atoms with E-state index >= 15 is 0 Å². The van der Waals surface area contributed by atoms with Crippen molar-refractivity contribution in [1.82, 2.24) is 10.2 Å². The van der Waals surface area contributed by atoms with Crippen molar-refractivity contribution in [3.05, 3.63) is 88.2 Å². The summed E-state index contributed by atoms with van der Waals surface area (Å²) in [6.07, 6.45) is 0. The molecule has 0 aliphatic heterocycles. The van der Waals surface area contributed by atoms with Crippen LogP contribution in [0.1, 0.15) is 19.4 Å². The Morgan fingerprint density at radius 3 is 2.21 bits per heavy atom. The Morgan fingerprint density at radius 1 is 1.00 bits per heavy atom. The maximum Gasteiger partial charge on any atom is 0.264 e. The summed E-state index contributed by atoms with van der Waals surface area (Å²) in [5, 5.41) is 3.09. The predicted octanol–water partition coefficient (Wildman–Crippen LogP) is 4.89. The van der Waals surface area contributed by atoms with E-state index in [4.69, 9.17) is 27.9 Å². The first-order valence-corrected chi connectivity index (χ1v) is 14.1. The van der Waals surface area contributed by atoms with Crippen LogP contribution in [-0.4, -0.2) is 51.4 Å². The van der Waals surface area contributed by atoms with Crippen molar-refractivity contribution in [2.24, 2.45) is 0 Å². The van der Waals surface area contributed by atoms with Crippen molar-refractivity contribution in [3.8, 4) is 5.75 Å². The number of anilines is 1. The molecular weight excluding hydrogens is 568 g/mol. The average molecular weight is 597 g/mol. The summed E-state index contributed by atoms with van der Waals surface area (Å²) in [4.78, 5) is 27.4. The SMILES string of the molecule is CCOc1ccc(S(=O)(=O)N(CC(=O)N(Cc2ccc(Cl)c(Cl)c2)[C@@H](C)C(=O)NC)c2ccc(F)cc2)cc1. The molecule has 0 saturated heterocycles. The Balaban J connectivity index is 2.02. The number of nitrogens with one attached hydrogen (secondary N) is 1. The van der Waals surface area contributed by atoms with Gasteiger partial charge >= 0.3 is 0 Å². The molecule has 0 saturated carbocycles. The smallest absolute Gasteiger partial charge is 0.264 e. The zero-order valence-electron chi connectivity index (χ0n) is 21.5. The van der Waals surface area contributed by atoms with Crippen LogP contribution >= 0.6 is 23.2 Å². The molecule has 8 nitrogen and oxygen atoms in total. The molecule has 0 aromatic heterocycles. The lowest BCUT2D eigenvalue weighted by molar-refractivity contribution is -0.139. The number of hydrogen-bond donors (Lipinski definition) is 1. The van der Waals surface area contributed by atoms with Gasteiger partial charge in [0, 0.05) is 13.6 Å². The molecule has 0 bridgehead atoms. The second-order valence-corrected chi connectivity index (χ2v) is 11.1. The van der Waals surface area contributed by atoms with Gasteiger partial charge in [0.25, 0.3) is 10.0 Å². The largest absolute Gasteiger partial charge is 0.494 e. The molecule has 1 atom stereocenters. The third kappa shape index (κ3) is 7.40. The van der Waals surface area contributed by atoms with E-state index in [1.54, 1.807) is 25.1 Å². The minimum atomic E-state index is -4.30. The summed E-state index contributed by atoms with van der Waals surface area (Å²) in [6, 6.07) is 14.3. The first-order valence-electron chi connectivity index (χ1n) is 11.9. The summed E-state index contributed by atoms with van der Waals surface area (Å²) in [5.41, 5.74) is 0.650. The van der Waals surface area contributed by atoms with Gasteiger partial charge in [-0.25, -0.2) is 12.8 Å². The van der Waals surface area contributed by atoms with Crippen LogP contribution in [0.2, 0.25) is 10.0 Å². The van der Waals surface area contributed by atoms with Gasteiger partial charge in [-0.15, -0.1) is 0 Å².